The molecule has 0 saturated carbocycles. The summed E-state index contributed by atoms with van der Waals surface area (Å²) < 4.78 is 24.3. The molecule has 23 heavy (non-hydrogen) atoms. The predicted molar refractivity (Wildman–Crippen MR) is 88.1 cm³/mol. The van der Waals surface area contributed by atoms with E-state index in [2.05, 4.69) is 10.2 Å². The van der Waals surface area contributed by atoms with Crippen molar-refractivity contribution < 1.29 is 13.2 Å². The molecule has 1 heterocycles. The van der Waals surface area contributed by atoms with Gasteiger partial charge < -0.3 is 0 Å². The average molecular weight is 333 g/mol. The topological polar surface area (TPSA) is 80.2 Å². The van der Waals surface area contributed by atoms with E-state index in [-0.39, 0.29) is 23.0 Å². The highest BCUT2D eigenvalue weighted by Crippen LogP contribution is 2.19. The molecule has 0 saturated heterocycles. The molecule has 0 spiro atoms. The van der Waals surface area contributed by atoms with Crippen LogP contribution in [0.5, 0.6) is 0 Å². The van der Waals surface area contributed by atoms with Crippen molar-refractivity contribution in [2.24, 2.45) is 0 Å². The van der Waals surface area contributed by atoms with E-state index in [1.54, 1.807) is 44.3 Å². The Morgan fingerprint density at radius 2 is 1.83 bits per heavy atom. The van der Waals surface area contributed by atoms with E-state index in [1.165, 1.54) is 11.0 Å². The van der Waals surface area contributed by atoms with Gasteiger partial charge in [-0.1, -0.05) is 25.1 Å². The van der Waals surface area contributed by atoms with Crippen molar-refractivity contribution in [2.45, 2.75) is 25.2 Å². The van der Waals surface area contributed by atoms with Crippen molar-refractivity contribution in [2.75, 3.05) is 17.7 Å². The molecule has 0 aliphatic carbocycles. The van der Waals surface area contributed by atoms with E-state index in [1.807, 2.05) is 6.92 Å². The van der Waals surface area contributed by atoms with Gasteiger partial charge in [0.2, 0.25) is 5.91 Å². The molecule has 0 N–H and O–H groups in total. The maximum Gasteiger partial charge on any atom is 0.232 e. The van der Waals surface area contributed by atoms with E-state index in [0.29, 0.717) is 11.4 Å². The molecule has 7 heteroatoms. The van der Waals surface area contributed by atoms with Gasteiger partial charge in [0.05, 0.1) is 22.8 Å². The molecular formula is C16H19N3O3S. The van der Waals surface area contributed by atoms with Crippen molar-refractivity contribution in [1.82, 2.24) is 10.2 Å². The van der Waals surface area contributed by atoms with Crippen LogP contribution in [0.3, 0.4) is 0 Å². The Hall–Kier alpha value is -2.28. The molecule has 0 atom stereocenters. The minimum Gasteiger partial charge on any atom is -0.298 e. The summed E-state index contributed by atoms with van der Waals surface area (Å²) in [4.78, 5) is 14.0. The summed E-state index contributed by atoms with van der Waals surface area (Å²) in [6.07, 6.45) is -0.0124. The number of hydrogen-bond donors (Lipinski definition) is 0. The Bertz CT molecular complexity index is 802. The van der Waals surface area contributed by atoms with E-state index in [9.17, 15) is 13.2 Å². The van der Waals surface area contributed by atoms with Crippen LogP contribution in [0, 0.1) is 6.92 Å². The number of sulfone groups is 1. The lowest BCUT2D eigenvalue weighted by Crippen LogP contribution is -2.29. The van der Waals surface area contributed by atoms with Crippen LogP contribution in [0.2, 0.25) is 0 Å². The molecule has 2 aromatic rings. The number of hydrogen-bond acceptors (Lipinski definition) is 5. The highest BCUT2D eigenvalue weighted by Gasteiger charge is 2.20. The first kappa shape index (κ1) is 17.1. The quantitative estimate of drug-likeness (QED) is 0.833. The molecule has 1 aromatic carbocycles. The highest BCUT2D eigenvalue weighted by molar-refractivity contribution is 7.91. The number of carbonyl (C=O) groups is 1. The lowest BCUT2D eigenvalue weighted by molar-refractivity contribution is -0.117. The minimum atomic E-state index is -3.37. The average Bonchev–Trinajstić information content (AvgIpc) is 2.55. The highest BCUT2D eigenvalue weighted by atomic mass is 32.2. The SMILES string of the molecule is CCS(=O)(=O)c1ccccc1CC(=O)N(C)c1ccc(C)nn1. The van der Waals surface area contributed by atoms with Crippen LogP contribution in [0.25, 0.3) is 0 Å². The maximum atomic E-state index is 12.4. The standard InChI is InChI=1S/C16H19N3O3S/c1-4-23(21,22)14-8-6-5-7-13(14)11-16(20)19(3)15-10-9-12(2)17-18-15/h5-10H,4,11H2,1-3H3. The van der Waals surface area contributed by atoms with Crippen LogP contribution in [-0.4, -0.2) is 37.3 Å². The fraction of sp³-hybridized carbons (Fsp3) is 0.312. The van der Waals surface area contributed by atoms with Gasteiger partial charge in [-0.15, -0.1) is 5.10 Å². The number of aromatic nitrogens is 2. The predicted octanol–water partition coefficient (Wildman–Crippen LogP) is 1.78. The maximum absolute atomic E-state index is 12.4. The second-order valence-corrected chi connectivity index (χ2v) is 7.42. The largest absolute Gasteiger partial charge is 0.298 e. The fourth-order valence-electron chi connectivity index (χ4n) is 2.09. The summed E-state index contributed by atoms with van der Waals surface area (Å²) in [6.45, 7) is 3.40. The summed E-state index contributed by atoms with van der Waals surface area (Å²) in [5.74, 6) is 0.177. The van der Waals surface area contributed by atoms with E-state index in [0.717, 1.165) is 5.69 Å². The Balaban J connectivity index is 2.26. The van der Waals surface area contributed by atoms with Gasteiger partial charge >= 0.3 is 0 Å². The van der Waals surface area contributed by atoms with Crippen LogP contribution in [-0.2, 0) is 21.1 Å². The van der Waals surface area contributed by atoms with Crippen LogP contribution in [0.4, 0.5) is 5.82 Å². The molecule has 0 radical (unpaired) electrons. The second-order valence-electron chi connectivity index (χ2n) is 5.17. The molecule has 1 amide bonds. The molecular weight excluding hydrogens is 314 g/mol. The van der Waals surface area contributed by atoms with E-state index in [4.69, 9.17) is 0 Å². The lowest BCUT2D eigenvalue weighted by atomic mass is 10.1. The van der Waals surface area contributed by atoms with Gasteiger partial charge in [-0.05, 0) is 30.7 Å². The molecule has 2 rings (SSSR count). The minimum absolute atomic E-state index is 0.00250. The monoisotopic (exact) mass is 333 g/mol. The summed E-state index contributed by atoms with van der Waals surface area (Å²) in [5, 5.41) is 7.89. The molecule has 0 unspecified atom stereocenters. The molecule has 0 aliphatic rings. The zero-order chi connectivity index (χ0) is 17.0. The van der Waals surface area contributed by atoms with Crippen LogP contribution >= 0.6 is 0 Å². The number of benzene rings is 1. The third-order valence-corrected chi connectivity index (χ3v) is 5.36. The number of amides is 1. The van der Waals surface area contributed by atoms with Crippen molar-refractivity contribution >= 4 is 21.6 Å². The second kappa shape index (κ2) is 6.87. The number of rotatable bonds is 5. The fourth-order valence-corrected chi connectivity index (χ4v) is 3.23. The zero-order valence-corrected chi connectivity index (χ0v) is 14.2. The first-order valence-electron chi connectivity index (χ1n) is 7.22. The molecule has 6 nitrogen and oxygen atoms in total. The van der Waals surface area contributed by atoms with E-state index < -0.39 is 9.84 Å². The Labute approximate surface area is 136 Å². The molecule has 0 fully saturated rings. The molecule has 0 bridgehead atoms. The van der Waals surface area contributed by atoms with Crippen molar-refractivity contribution in [1.29, 1.82) is 0 Å². The zero-order valence-electron chi connectivity index (χ0n) is 13.4. The molecule has 1 aromatic heterocycles. The summed E-state index contributed by atoms with van der Waals surface area (Å²) in [5.41, 5.74) is 1.25. The van der Waals surface area contributed by atoms with Gasteiger partial charge in [0.1, 0.15) is 0 Å². The number of nitrogens with zero attached hydrogens (tertiary/aromatic N) is 3. The van der Waals surface area contributed by atoms with Crippen LogP contribution < -0.4 is 4.90 Å². The van der Waals surface area contributed by atoms with Gasteiger partial charge in [0.25, 0.3) is 0 Å². The summed E-state index contributed by atoms with van der Waals surface area (Å²) in [7, 11) is -1.77. The van der Waals surface area contributed by atoms with Crippen molar-refractivity contribution in [3.05, 3.63) is 47.7 Å². The van der Waals surface area contributed by atoms with Crippen LogP contribution in [0.1, 0.15) is 18.2 Å². The number of carbonyl (C=O) groups excluding carboxylic acids is 1. The number of aryl methyl sites for hydroxylation is 1. The Kier molecular flexibility index (Phi) is 5.10. The normalized spacial score (nSPS) is 11.3. The van der Waals surface area contributed by atoms with E-state index >= 15 is 0 Å². The third kappa shape index (κ3) is 3.92. The van der Waals surface area contributed by atoms with Gasteiger partial charge in [-0.25, -0.2) is 8.42 Å². The van der Waals surface area contributed by atoms with Gasteiger partial charge in [-0.2, -0.15) is 5.10 Å². The lowest BCUT2D eigenvalue weighted by Gasteiger charge is -2.17. The third-order valence-electron chi connectivity index (χ3n) is 3.53. The Morgan fingerprint density at radius 3 is 2.43 bits per heavy atom. The number of likely N-dealkylation sites (N-methyl/N-ethyl adjacent to an activating group) is 1. The smallest absolute Gasteiger partial charge is 0.232 e. The molecule has 122 valence electrons. The number of anilines is 1. The van der Waals surface area contributed by atoms with Crippen LogP contribution in [0.15, 0.2) is 41.3 Å². The van der Waals surface area contributed by atoms with Gasteiger partial charge in [0.15, 0.2) is 15.7 Å². The van der Waals surface area contributed by atoms with Crippen molar-refractivity contribution in [3.63, 3.8) is 0 Å². The summed E-state index contributed by atoms with van der Waals surface area (Å²) >= 11 is 0. The van der Waals surface area contributed by atoms with Crippen molar-refractivity contribution in [3.8, 4) is 0 Å². The van der Waals surface area contributed by atoms with Gasteiger partial charge in [0, 0.05) is 7.05 Å². The Morgan fingerprint density at radius 1 is 1.13 bits per heavy atom. The molecule has 0 aliphatic heterocycles. The summed E-state index contributed by atoms with van der Waals surface area (Å²) in [6, 6.07) is 10.0. The first-order chi connectivity index (χ1) is 10.8. The van der Waals surface area contributed by atoms with Gasteiger partial charge in [-0.3, -0.25) is 9.69 Å². The first-order valence-corrected chi connectivity index (χ1v) is 8.88.